The number of hydrogen-bond donors (Lipinski definition) is 0. The minimum absolute atomic E-state index is 0.405. The van der Waals surface area contributed by atoms with E-state index in [-0.39, 0.29) is 0 Å². The van der Waals surface area contributed by atoms with Crippen molar-refractivity contribution in [2.75, 3.05) is 6.61 Å². The zero-order valence-electron chi connectivity index (χ0n) is 18.4. The van der Waals surface area contributed by atoms with Gasteiger partial charge < -0.3 is 0 Å². The summed E-state index contributed by atoms with van der Waals surface area (Å²) < 4.78 is 0. The van der Waals surface area contributed by atoms with Crippen LogP contribution in [-0.2, 0) is 9.78 Å². The van der Waals surface area contributed by atoms with Crippen molar-refractivity contribution in [3.8, 4) is 0 Å². The first-order chi connectivity index (χ1) is 13.4. The highest BCUT2D eigenvalue weighted by Crippen LogP contribution is 2.12. The lowest BCUT2D eigenvalue weighted by Crippen LogP contribution is -2.37. The highest BCUT2D eigenvalue weighted by molar-refractivity contribution is 6.88. The van der Waals surface area contributed by atoms with Gasteiger partial charge in [-0.2, -0.15) is 4.89 Å². The molecule has 0 saturated carbocycles. The van der Waals surface area contributed by atoms with Crippen LogP contribution in [0.2, 0.25) is 19.6 Å². The third-order valence-electron chi connectivity index (χ3n) is 5.10. The van der Waals surface area contributed by atoms with E-state index in [2.05, 4.69) is 26.6 Å². The molecule has 0 aliphatic carbocycles. The van der Waals surface area contributed by atoms with Crippen molar-refractivity contribution in [3.63, 3.8) is 0 Å². The van der Waals surface area contributed by atoms with Crippen LogP contribution < -0.4 is 5.19 Å². The first-order valence-corrected chi connectivity index (χ1v) is 14.7. The van der Waals surface area contributed by atoms with Crippen molar-refractivity contribution in [2.24, 2.45) is 0 Å². The highest BCUT2D eigenvalue weighted by atomic mass is 28.3. The van der Waals surface area contributed by atoms with Crippen LogP contribution in [0, 0.1) is 6.92 Å². The molecule has 0 aliphatic heterocycles. The van der Waals surface area contributed by atoms with Gasteiger partial charge in [0, 0.05) is 0 Å². The van der Waals surface area contributed by atoms with Gasteiger partial charge in [-0.3, -0.25) is 4.89 Å². The Morgan fingerprint density at radius 1 is 0.786 bits per heavy atom. The van der Waals surface area contributed by atoms with Crippen molar-refractivity contribution in [3.05, 3.63) is 36.8 Å². The summed E-state index contributed by atoms with van der Waals surface area (Å²) in [6.07, 6.45) is 15.1. The number of rotatable bonds is 16. The Kier molecular flexibility index (Phi) is 13.2. The summed E-state index contributed by atoms with van der Waals surface area (Å²) in [4.78, 5) is 22.0. The molecule has 0 heterocycles. The minimum atomic E-state index is -1.34. The highest BCUT2D eigenvalue weighted by Gasteiger charge is 2.17. The summed E-state index contributed by atoms with van der Waals surface area (Å²) >= 11 is 0. The van der Waals surface area contributed by atoms with E-state index in [1.165, 1.54) is 63.0 Å². The van der Waals surface area contributed by atoms with Gasteiger partial charge in [0.25, 0.3) is 0 Å². The molecule has 4 heteroatoms. The maximum absolute atomic E-state index is 12.0. The standard InChI is InChI=1S/C24H41O3Si/c1-5-6-7-8-9-10-11-12-13-14-15-16-21-26-27-24(25)22-17-19-23(20-18-22)28(2,3)4/h17-20H,1,5-16,21H2,2-4H3. The second-order valence-corrected chi connectivity index (χ2v) is 13.8. The Balaban J connectivity index is 1.96. The Bertz CT molecular complexity index is 520. The fourth-order valence-corrected chi connectivity index (χ4v) is 4.35. The number of hydrogen-bond acceptors (Lipinski definition) is 3. The fourth-order valence-electron chi connectivity index (χ4n) is 3.18. The van der Waals surface area contributed by atoms with Gasteiger partial charge in [0.15, 0.2) is 0 Å². The van der Waals surface area contributed by atoms with Crippen LogP contribution in [0.4, 0.5) is 0 Å². The molecule has 3 nitrogen and oxygen atoms in total. The predicted molar refractivity (Wildman–Crippen MR) is 122 cm³/mol. The van der Waals surface area contributed by atoms with Gasteiger partial charge in [0.1, 0.15) is 0 Å². The molecule has 0 saturated heterocycles. The molecule has 0 spiro atoms. The molecule has 0 aromatic heterocycles. The Labute approximate surface area is 174 Å². The van der Waals surface area contributed by atoms with E-state index in [1.54, 1.807) is 0 Å². The predicted octanol–water partition coefficient (Wildman–Crippen LogP) is 6.84. The quantitative estimate of drug-likeness (QED) is 0.131. The molecule has 1 rings (SSSR count). The van der Waals surface area contributed by atoms with Gasteiger partial charge in [-0.05, 0) is 18.6 Å². The van der Waals surface area contributed by atoms with Crippen LogP contribution in [0.5, 0.6) is 0 Å². The van der Waals surface area contributed by atoms with E-state index in [4.69, 9.17) is 9.78 Å². The van der Waals surface area contributed by atoms with Crippen molar-refractivity contribution in [1.82, 2.24) is 0 Å². The zero-order valence-corrected chi connectivity index (χ0v) is 19.4. The van der Waals surface area contributed by atoms with Crippen LogP contribution in [0.1, 0.15) is 87.4 Å². The molecule has 0 bridgehead atoms. The molecule has 0 fully saturated rings. The third kappa shape index (κ3) is 11.7. The molecule has 1 radical (unpaired) electrons. The van der Waals surface area contributed by atoms with Crippen LogP contribution in [-0.4, -0.2) is 20.7 Å². The van der Waals surface area contributed by atoms with Crippen molar-refractivity contribution >= 4 is 19.2 Å². The Morgan fingerprint density at radius 3 is 1.71 bits per heavy atom. The minimum Gasteiger partial charge on any atom is -0.293 e. The monoisotopic (exact) mass is 405 g/mol. The Hall–Kier alpha value is -1.13. The van der Waals surface area contributed by atoms with Gasteiger partial charge in [-0.25, -0.2) is 4.79 Å². The third-order valence-corrected chi connectivity index (χ3v) is 7.16. The van der Waals surface area contributed by atoms with E-state index in [0.29, 0.717) is 12.2 Å². The van der Waals surface area contributed by atoms with Gasteiger partial charge in [-0.15, -0.1) is 0 Å². The second-order valence-electron chi connectivity index (χ2n) is 8.76. The maximum atomic E-state index is 12.0. The molecule has 0 unspecified atom stereocenters. The van der Waals surface area contributed by atoms with Crippen molar-refractivity contribution < 1.29 is 14.6 Å². The zero-order chi connectivity index (χ0) is 20.7. The number of carbonyl (C=O) groups excluding carboxylic acids is 1. The lowest BCUT2D eigenvalue weighted by molar-refractivity contribution is -0.241. The smallest absolute Gasteiger partial charge is 0.293 e. The van der Waals surface area contributed by atoms with Gasteiger partial charge in [0.05, 0.1) is 20.2 Å². The number of carbonyl (C=O) groups is 1. The normalized spacial score (nSPS) is 11.6. The van der Waals surface area contributed by atoms with Crippen LogP contribution >= 0.6 is 0 Å². The summed E-state index contributed by atoms with van der Waals surface area (Å²) in [5, 5.41) is 1.33. The van der Waals surface area contributed by atoms with Crippen LogP contribution in [0.25, 0.3) is 0 Å². The van der Waals surface area contributed by atoms with E-state index >= 15 is 0 Å². The summed E-state index contributed by atoms with van der Waals surface area (Å²) in [7, 11) is -1.34. The molecule has 28 heavy (non-hydrogen) atoms. The average molecular weight is 406 g/mol. The van der Waals surface area contributed by atoms with Crippen molar-refractivity contribution in [1.29, 1.82) is 0 Å². The molecule has 1 aromatic carbocycles. The number of benzene rings is 1. The lowest BCUT2D eigenvalue weighted by Gasteiger charge is -2.16. The largest absolute Gasteiger partial charge is 0.373 e. The molecule has 0 aliphatic rings. The van der Waals surface area contributed by atoms with Crippen LogP contribution in [0.15, 0.2) is 24.3 Å². The molecular weight excluding hydrogens is 364 g/mol. The summed E-state index contributed by atoms with van der Waals surface area (Å²) in [6, 6.07) is 7.73. The summed E-state index contributed by atoms with van der Waals surface area (Å²) in [5.41, 5.74) is 0.549. The SMILES string of the molecule is [CH2]CCCCCCCCCCCCCOOC(=O)c1ccc([Si](C)(C)C)cc1. The van der Waals surface area contributed by atoms with Crippen molar-refractivity contribution in [2.45, 2.75) is 96.7 Å². The summed E-state index contributed by atoms with van der Waals surface area (Å²) in [5.74, 6) is -0.405. The Morgan fingerprint density at radius 2 is 1.25 bits per heavy atom. The first-order valence-electron chi connectivity index (χ1n) is 11.2. The maximum Gasteiger partial charge on any atom is 0.373 e. The molecule has 1 aromatic rings. The van der Waals surface area contributed by atoms with Crippen LogP contribution in [0.3, 0.4) is 0 Å². The molecule has 0 atom stereocenters. The fraction of sp³-hybridized carbons (Fsp3) is 0.667. The molecule has 159 valence electrons. The van der Waals surface area contributed by atoms with E-state index in [9.17, 15) is 4.79 Å². The summed E-state index contributed by atoms with van der Waals surface area (Å²) in [6.45, 7) is 11.2. The molecule has 0 N–H and O–H groups in total. The van der Waals surface area contributed by atoms with E-state index in [1.807, 2.05) is 24.3 Å². The van der Waals surface area contributed by atoms with Gasteiger partial charge in [-0.1, -0.05) is 115 Å². The topological polar surface area (TPSA) is 35.5 Å². The average Bonchev–Trinajstić information content (AvgIpc) is 2.67. The molecule has 0 amide bonds. The van der Waals surface area contributed by atoms with E-state index in [0.717, 1.165) is 19.3 Å². The molecular formula is C24H41O3Si. The lowest BCUT2D eigenvalue weighted by atomic mass is 10.1. The first kappa shape index (κ1) is 24.9. The second kappa shape index (κ2) is 14.8. The van der Waals surface area contributed by atoms with Gasteiger partial charge in [0.2, 0.25) is 0 Å². The van der Waals surface area contributed by atoms with E-state index < -0.39 is 14.0 Å². The number of unbranched alkanes of at least 4 members (excludes halogenated alkanes) is 11. The van der Waals surface area contributed by atoms with Gasteiger partial charge >= 0.3 is 5.97 Å².